The molecule has 0 aliphatic rings. The van der Waals surface area contributed by atoms with Gasteiger partial charge in [0.05, 0.1) is 19.3 Å². The fourth-order valence-corrected chi connectivity index (χ4v) is 1.46. The summed E-state index contributed by atoms with van der Waals surface area (Å²) >= 11 is 0. The lowest BCUT2D eigenvalue weighted by Gasteiger charge is -2.14. The molecule has 16 heavy (non-hydrogen) atoms. The van der Waals surface area contributed by atoms with Crippen molar-refractivity contribution in [3.63, 3.8) is 0 Å². The zero-order valence-corrected chi connectivity index (χ0v) is 10.4. The molecule has 1 rings (SSSR count). The highest BCUT2D eigenvalue weighted by Crippen LogP contribution is 2.22. The van der Waals surface area contributed by atoms with Crippen LogP contribution in [0.3, 0.4) is 0 Å². The number of rotatable bonds is 5. The largest absolute Gasteiger partial charge is 0.493 e. The van der Waals surface area contributed by atoms with Crippen LogP contribution in [0.15, 0.2) is 6.20 Å². The molecule has 0 spiro atoms. The third-order valence-electron chi connectivity index (χ3n) is 2.53. The minimum absolute atomic E-state index is 0.00875. The first-order valence-corrected chi connectivity index (χ1v) is 5.35. The van der Waals surface area contributed by atoms with Gasteiger partial charge in [-0.2, -0.15) is 5.10 Å². The third kappa shape index (κ3) is 2.24. The molecule has 0 aromatic carbocycles. The van der Waals surface area contributed by atoms with Crippen LogP contribution in [0, 0.1) is 0 Å². The molecule has 0 saturated heterocycles. The van der Waals surface area contributed by atoms with Crippen LogP contribution >= 0.6 is 0 Å². The molecule has 0 bridgehead atoms. The van der Waals surface area contributed by atoms with E-state index in [2.05, 4.69) is 10.4 Å². The average molecular weight is 225 g/mol. The lowest BCUT2D eigenvalue weighted by Crippen LogP contribution is -2.32. The van der Waals surface area contributed by atoms with E-state index in [9.17, 15) is 4.79 Å². The Morgan fingerprint density at radius 2 is 2.12 bits per heavy atom. The van der Waals surface area contributed by atoms with E-state index >= 15 is 0 Å². The molecule has 90 valence electrons. The second kappa shape index (κ2) is 5.12. The van der Waals surface area contributed by atoms with Gasteiger partial charge in [0.15, 0.2) is 5.75 Å². The fourth-order valence-electron chi connectivity index (χ4n) is 1.46. The first-order valence-electron chi connectivity index (χ1n) is 5.35. The van der Waals surface area contributed by atoms with Crippen LogP contribution in [0.1, 0.15) is 37.3 Å². The second-order valence-electron chi connectivity index (χ2n) is 3.97. The van der Waals surface area contributed by atoms with Gasteiger partial charge in [-0.05, 0) is 27.8 Å². The van der Waals surface area contributed by atoms with E-state index in [1.807, 2.05) is 20.8 Å². The Hall–Kier alpha value is -1.36. The molecule has 0 fully saturated rings. The highest BCUT2D eigenvalue weighted by molar-refractivity contribution is 6.00. The Kier molecular flexibility index (Phi) is 4.06. The van der Waals surface area contributed by atoms with Crippen LogP contribution in [0.4, 0.5) is 0 Å². The number of likely N-dealkylation sites (N-methyl/N-ethyl adjacent to an activating group) is 1. The number of methoxy groups -OCH3 is 1. The summed E-state index contributed by atoms with van der Waals surface area (Å²) in [4.78, 5) is 12.1. The number of hydrogen-bond acceptors (Lipinski definition) is 4. The summed E-state index contributed by atoms with van der Waals surface area (Å²) in [7, 11) is 3.30. The molecule has 1 atom stereocenters. The molecule has 0 aliphatic heterocycles. The number of nitrogens with zero attached hydrogens (tertiary/aromatic N) is 2. The first-order chi connectivity index (χ1) is 7.52. The number of aromatic nitrogens is 2. The summed E-state index contributed by atoms with van der Waals surface area (Å²) in [6.45, 7) is 5.78. The van der Waals surface area contributed by atoms with Gasteiger partial charge < -0.3 is 10.1 Å². The van der Waals surface area contributed by atoms with Crippen molar-refractivity contribution in [2.24, 2.45) is 0 Å². The summed E-state index contributed by atoms with van der Waals surface area (Å²) in [5, 5.41) is 7.09. The van der Waals surface area contributed by atoms with Gasteiger partial charge in [0.25, 0.3) is 0 Å². The number of Topliss-reactive ketones (excluding diaryl/α,β-unsaturated/α-hetero) is 1. The normalized spacial score (nSPS) is 12.9. The van der Waals surface area contributed by atoms with Gasteiger partial charge in [0, 0.05) is 6.04 Å². The Morgan fingerprint density at radius 1 is 1.50 bits per heavy atom. The van der Waals surface area contributed by atoms with E-state index < -0.39 is 0 Å². The minimum atomic E-state index is -0.247. The van der Waals surface area contributed by atoms with Crippen LogP contribution in [-0.4, -0.2) is 35.8 Å². The second-order valence-corrected chi connectivity index (χ2v) is 3.97. The van der Waals surface area contributed by atoms with Crippen molar-refractivity contribution < 1.29 is 9.53 Å². The maximum absolute atomic E-state index is 12.1. The van der Waals surface area contributed by atoms with E-state index in [0.29, 0.717) is 11.4 Å². The molecule has 1 aromatic heterocycles. The van der Waals surface area contributed by atoms with Crippen molar-refractivity contribution in [1.29, 1.82) is 0 Å². The monoisotopic (exact) mass is 225 g/mol. The molecule has 1 aromatic rings. The van der Waals surface area contributed by atoms with E-state index in [1.54, 1.807) is 25.0 Å². The van der Waals surface area contributed by atoms with Crippen molar-refractivity contribution in [2.45, 2.75) is 32.9 Å². The average Bonchev–Trinajstić information content (AvgIpc) is 2.70. The van der Waals surface area contributed by atoms with Crippen molar-refractivity contribution in [3.05, 3.63) is 11.9 Å². The van der Waals surface area contributed by atoms with Crippen LogP contribution in [0.2, 0.25) is 0 Å². The summed E-state index contributed by atoms with van der Waals surface area (Å²) in [6, 6.07) is -0.116. The predicted molar refractivity (Wildman–Crippen MR) is 62.0 cm³/mol. The van der Waals surface area contributed by atoms with Crippen LogP contribution in [0.25, 0.3) is 0 Å². The maximum Gasteiger partial charge on any atom is 0.201 e. The Bertz CT molecular complexity index is 371. The number of carbonyl (C=O) groups excluding carboxylic acids is 1. The molecule has 5 nitrogen and oxygen atoms in total. The van der Waals surface area contributed by atoms with E-state index in [4.69, 9.17) is 4.74 Å². The first kappa shape index (κ1) is 12.7. The Labute approximate surface area is 95.8 Å². The van der Waals surface area contributed by atoms with Crippen LogP contribution in [-0.2, 0) is 0 Å². The van der Waals surface area contributed by atoms with E-state index in [-0.39, 0.29) is 17.9 Å². The standard InChI is InChI=1S/C11H19N3O2/c1-7(2)14-10(9(16-5)6-13-14)11(15)8(3)12-4/h6-8,12H,1-5H3. The molecule has 0 amide bonds. The van der Waals surface area contributed by atoms with Gasteiger partial charge in [0.1, 0.15) is 5.69 Å². The number of carbonyl (C=O) groups is 1. The molecular weight excluding hydrogens is 206 g/mol. The third-order valence-corrected chi connectivity index (χ3v) is 2.53. The summed E-state index contributed by atoms with van der Waals surface area (Å²) in [5.74, 6) is 0.520. The summed E-state index contributed by atoms with van der Waals surface area (Å²) < 4.78 is 6.85. The Balaban J connectivity index is 3.17. The van der Waals surface area contributed by atoms with Crippen LogP contribution in [0.5, 0.6) is 5.75 Å². The molecular formula is C11H19N3O2. The molecule has 1 unspecified atom stereocenters. The lowest BCUT2D eigenvalue weighted by atomic mass is 10.1. The number of hydrogen-bond donors (Lipinski definition) is 1. The van der Waals surface area contributed by atoms with Gasteiger partial charge >= 0.3 is 0 Å². The predicted octanol–water partition coefficient (Wildman–Crippen LogP) is 1.26. The highest BCUT2D eigenvalue weighted by atomic mass is 16.5. The van der Waals surface area contributed by atoms with Crippen molar-refractivity contribution in [2.75, 3.05) is 14.2 Å². The SMILES string of the molecule is CNC(C)C(=O)c1c(OC)cnn1C(C)C. The zero-order valence-electron chi connectivity index (χ0n) is 10.4. The zero-order chi connectivity index (χ0) is 12.3. The Morgan fingerprint density at radius 3 is 2.56 bits per heavy atom. The smallest absolute Gasteiger partial charge is 0.201 e. The summed E-state index contributed by atoms with van der Waals surface area (Å²) in [6.07, 6.45) is 1.58. The fraction of sp³-hybridized carbons (Fsp3) is 0.636. The molecule has 0 radical (unpaired) electrons. The van der Waals surface area contributed by atoms with Gasteiger partial charge in [-0.25, -0.2) is 0 Å². The summed E-state index contributed by atoms with van der Waals surface area (Å²) in [5.41, 5.74) is 0.527. The lowest BCUT2D eigenvalue weighted by molar-refractivity contribution is 0.0939. The highest BCUT2D eigenvalue weighted by Gasteiger charge is 2.24. The number of ketones is 1. The molecule has 1 heterocycles. The topological polar surface area (TPSA) is 56.1 Å². The van der Waals surface area contributed by atoms with Crippen molar-refractivity contribution in [1.82, 2.24) is 15.1 Å². The number of nitrogens with one attached hydrogen (secondary N) is 1. The van der Waals surface area contributed by atoms with Gasteiger partial charge in [-0.1, -0.05) is 0 Å². The van der Waals surface area contributed by atoms with Crippen molar-refractivity contribution in [3.8, 4) is 5.75 Å². The molecule has 5 heteroatoms. The van der Waals surface area contributed by atoms with Gasteiger partial charge in [0.2, 0.25) is 5.78 Å². The van der Waals surface area contributed by atoms with Crippen molar-refractivity contribution >= 4 is 5.78 Å². The molecule has 1 N–H and O–H groups in total. The maximum atomic E-state index is 12.1. The van der Waals surface area contributed by atoms with Gasteiger partial charge in [-0.15, -0.1) is 0 Å². The minimum Gasteiger partial charge on any atom is -0.493 e. The van der Waals surface area contributed by atoms with E-state index in [1.165, 1.54) is 0 Å². The van der Waals surface area contributed by atoms with Crippen LogP contribution < -0.4 is 10.1 Å². The van der Waals surface area contributed by atoms with Gasteiger partial charge in [-0.3, -0.25) is 9.48 Å². The molecule has 0 saturated carbocycles. The molecule has 0 aliphatic carbocycles. The quantitative estimate of drug-likeness (QED) is 0.767. The number of ether oxygens (including phenoxy) is 1. The van der Waals surface area contributed by atoms with E-state index in [0.717, 1.165) is 0 Å².